The number of carbonyl (C=O) groups is 2. The van der Waals surface area contributed by atoms with Gasteiger partial charge in [0.25, 0.3) is 0 Å². The molecule has 3 fully saturated rings. The van der Waals surface area contributed by atoms with E-state index in [4.69, 9.17) is 4.74 Å². The molecule has 1 amide bonds. The summed E-state index contributed by atoms with van der Waals surface area (Å²) in [7, 11) is 0. The SMILES string of the molecule is CCOCCC1(C(=O)N2C[C@H](C(=O)O)[C@@H](C3CC3)C2)CCCC1. The zero-order valence-electron chi connectivity index (χ0n) is 14.1. The van der Waals surface area contributed by atoms with Gasteiger partial charge in [-0.05, 0) is 50.9 Å². The zero-order valence-corrected chi connectivity index (χ0v) is 14.1. The molecule has 0 aromatic carbocycles. The number of hydrogen-bond acceptors (Lipinski definition) is 3. The standard InChI is InChI=1S/C18H29NO4/c1-2-23-10-9-18(7-3-4-8-18)17(22)19-11-14(13-5-6-13)15(12-19)16(20)21/h13-15H,2-12H2,1H3,(H,20,21)/t14-,15+/m1/s1. The van der Waals surface area contributed by atoms with Crippen molar-refractivity contribution in [1.82, 2.24) is 4.90 Å². The van der Waals surface area contributed by atoms with Crippen molar-refractivity contribution in [3.05, 3.63) is 0 Å². The van der Waals surface area contributed by atoms with Crippen molar-refractivity contribution in [2.45, 2.75) is 51.9 Å². The summed E-state index contributed by atoms with van der Waals surface area (Å²) in [5.74, 6) is -0.202. The van der Waals surface area contributed by atoms with Crippen LogP contribution >= 0.6 is 0 Å². The van der Waals surface area contributed by atoms with Crippen LogP contribution in [0.25, 0.3) is 0 Å². The number of hydrogen-bond donors (Lipinski definition) is 1. The van der Waals surface area contributed by atoms with E-state index in [9.17, 15) is 14.7 Å². The lowest BCUT2D eigenvalue weighted by atomic mass is 9.81. The van der Waals surface area contributed by atoms with Crippen molar-refractivity contribution in [3.63, 3.8) is 0 Å². The molecule has 5 heteroatoms. The molecule has 130 valence electrons. The summed E-state index contributed by atoms with van der Waals surface area (Å²) in [4.78, 5) is 26.6. The van der Waals surface area contributed by atoms with E-state index in [1.54, 1.807) is 0 Å². The largest absolute Gasteiger partial charge is 0.481 e. The van der Waals surface area contributed by atoms with Crippen LogP contribution in [0.3, 0.4) is 0 Å². The van der Waals surface area contributed by atoms with E-state index >= 15 is 0 Å². The molecule has 3 aliphatic rings. The van der Waals surface area contributed by atoms with Crippen molar-refractivity contribution in [1.29, 1.82) is 0 Å². The Kier molecular flexibility index (Phi) is 4.95. The highest BCUT2D eigenvalue weighted by Gasteiger charge is 2.51. The highest BCUT2D eigenvalue weighted by atomic mass is 16.5. The third-order valence-electron chi connectivity index (χ3n) is 6.14. The Morgan fingerprint density at radius 1 is 1.22 bits per heavy atom. The number of carboxylic acid groups (broad SMARTS) is 1. The lowest BCUT2D eigenvalue weighted by molar-refractivity contribution is -0.144. The van der Waals surface area contributed by atoms with Crippen LogP contribution in [0.4, 0.5) is 0 Å². The molecule has 3 rings (SSSR count). The fourth-order valence-corrected chi connectivity index (χ4v) is 4.63. The maximum Gasteiger partial charge on any atom is 0.308 e. The van der Waals surface area contributed by atoms with Gasteiger partial charge < -0.3 is 14.7 Å². The van der Waals surface area contributed by atoms with E-state index < -0.39 is 5.97 Å². The summed E-state index contributed by atoms with van der Waals surface area (Å²) in [6, 6.07) is 0. The maximum absolute atomic E-state index is 13.2. The molecule has 0 aromatic heterocycles. The number of nitrogens with zero attached hydrogens (tertiary/aromatic N) is 1. The number of carboxylic acids is 1. The molecular weight excluding hydrogens is 294 g/mol. The van der Waals surface area contributed by atoms with Gasteiger partial charge in [0.05, 0.1) is 11.3 Å². The van der Waals surface area contributed by atoms with Crippen molar-refractivity contribution >= 4 is 11.9 Å². The highest BCUT2D eigenvalue weighted by Crippen LogP contribution is 2.47. The molecule has 1 heterocycles. The van der Waals surface area contributed by atoms with Gasteiger partial charge in [0.2, 0.25) is 5.91 Å². The fourth-order valence-electron chi connectivity index (χ4n) is 4.63. The summed E-state index contributed by atoms with van der Waals surface area (Å²) >= 11 is 0. The molecule has 2 saturated carbocycles. The van der Waals surface area contributed by atoms with Crippen LogP contribution in [0.5, 0.6) is 0 Å². The Balaban J connectivity index is 1.69. The van der Waals surface area contributed by atoms with E-state index in [0.717, 1.165) is 44.9 Å². The molecule has 1 saturated heterocycles. The van der Waals surface area contributed by atoms with Crippen molar-refractivity contribution < 1.29 is 19.4 Å². The second-order valence-electron chi connectivity index (χ2n) is 7.59. The molecule has 0 aromatic rings. The van der Waals surface area contributed by atoms with Crippen LogP contribution in [0.1, 0.15) is 51.9 Å². The minimum Gasteiger partial charge on any atom is -0.481 e. The molecule has 1 aliphatic heterocycles. The number of ether oxygens (including phenoxy) is 1. The molecule has 2 aliphatic carbocycles. The van der Waals surface area contributed by atoms with Gasteiger partial charge in [-0.1, -0.05) is 12.8 Å². The summed E-state index contributed by atoms with van der Waals surface area (Å²) in [6.45, 7) is 4.34. The van der Waals surface area contributed by atoms with Gasteiger partial charge in [0.15, 0.2) is 0 Å². The molecule has 23 heavy (non-hydrogen) atoms. The normalized spacial score (nSPS) is 29.9. The van der Waals surface area contributed by atoms with Crippen molar-refractivity contribution in [2.75, 3.05) is 26.3 Å². The summed E-state index contributed by atoms with van der Waals surface area (Å²) in [5, 5.41) is 9.50. The Morgan fingerprint density at radius 2 is 1.91 bits per heavy atom. The van der Waals surface area contributed by atoms with Gasteiger partial charge in [-0.2, -0.15) is 0 Å². The number of aliphatic carboxylic acids is 1. The van der Waals surface area contributed by atoms with E-state index in [-0.39, 0.29) is 23.2 Å². The van der Waals surface area contributed by atoms with Gasteiger partial charge in [0.1, 0.15) is 0 Å². The second kappa shape index (κ2) is 6.80. The first-order valence-electron chi connectivity index (χ1n) is 9.17. The summed E-state index contributed by atoms with van der Waals surface area (Å²) in [6.07, 6.45) is 7.10. The number of rotatable bonds is 7. The molecular formula is C18H29NO4. The van der Waals surface area contributed by atoms with E-state index in [1.165, 1.54) is 0 Å². The minimum absolute atomic E-state index is 0.168. The van der Waals surface area contributed by atoms with Gasteiger partial charge in [-0.25, -0.2) is 0 Å². The lowest BCUT2D eigenvalue weighted by Gasteiger charge is -2.32. The van der Waals surface area contributed by atoms with Crippen molar-refractivity contribution in [2.24, 2.45) is 23.2 Å². The van der Waals surface area contributed by atoms with Crippen LogP contribution in [0.2, 0.25) is 0 Å². The highest BCUT2D eigenvalue weighted by molar-refractivity contribution is 5.84. The van der Waals surface area contributed by atoms with E-state index in [0.29, 0.717) is 32.2 Å². The Labute approximate surface area is 138 Å². The molecule has 1 N–H and O–H groups in total. The first-order chi connectivity index (χ1) is 11.1. The Morgan fingerprint density at radius 3 is 2.48 bits per heavy atom. The number of carbonyl (C=O) groups excluding carboxylic acids is 1. The Hall–Kier alpha value is -1.10. The van der Waals surface area contributed by atoms with Gasteiger partial charge in [-0.15, -0.1) is 0 Å². The maximum atomic E-state index is 13.2. The monoisotopic (exact) mass is 323 g/mol. The van der Waals surface area contributed by atoms with E-state index in [1.807, 2.05) is 11.8 Å². The predicted octanol–water partition coefficient (Wildman–Crippen LogP) is 2.54. The summed E-state index contributed by atoms with van der Waals surface area (Å²) in [5.41, 5.74) is -0.295. The molecule has 5 nitrogen and oxygen atoms in total. The average Bonchev–Trinajstić information content (AvgIpc) is 3.10. The van der Waals surface area contributed by atoms with Gasteiger partial charge in [0, 0.05) is 26.3 Å². The fraction of sp³-hybridized carbons (Fsp3) is 0.889. The topological polar surface area (TPSA) is 66.8 Å². The molecule has 0 radical (unpaired) electrons. The molecule has 0 bridgehead atoms. The first kappa shape index (κ1) is 16.7. The van der Waals surface area contributed by atoms with Crippen LogP contribution < -0.4 is 0 Å². The van der Waals surface area contributed by atoms with Gasteiger partial charge in [-0.3, -0.25) is 9.59 Å². The third kappa shape index (κ3) is 3.39. The second-order valence-corrected chi connectivity index (χ2v) is 7.59. The van der Waals surface area contributed by atoms with Crippen LogP contribution in [0.15, 0.2) is 0 Å². The van der Waals surface area contributed by atoms with E-state index in [2.05, 4.69) is 0 Å². The first-order valence-corrected chi connectivity index (χ1v) is 9.17. The van der Waals surface area contributed by atoms with Crippen LogP contribution in [-0.2, 0) is 14.3 Å². The van der Waals surface area contributed by atoms with Crippen LogP contribution in [-0.4, -0.2) is 48.2 Å². The minimum atomic E-state index is -0.730. The smallest absolute Gasteiger partial charge is 0.308 e. The number of likely N-dealkylation sites (tertiary alicyclic amines) is 1. The summed E-state index contributed by atoms with van der Waals surface area (Å²) < 4.78 is 5.50. The van der Waals surface area contributed by atoms with Gasteiger partial charge >= 0.3 is 5.97 Å². The molecule has 0 spiro atoms. The lowest BCUT2D eigenvalue weighted by Crippen LogP contribution is -2.42. The van der Waals surface area contributed by atoms with Crippen LogP contribution in [0, 0.1) is 23.2 Å². The average molecular weight is 323 g/mol. The number of amides is 1. The Bertz CT molecular complexity index is 454. The molecule has 2 atom stereocenters. The van der Waals surface area contributed by atoms with Crippen molar-refractivity contribution in [3.8, 4) is 0 Å². The quantitative estimate of drug-likeness (QED) is 0.731. The molecule has 0 unspecified atom stereocenters. The zero-order chi connectivity index (χ0) is 16.4. The third-order valence-corrected chi connectivity index (χ3v) is 6.14. The predicted molar refractivity (Wildman–Crippen MR) is 85.9 cm³/mol.